The van der Waals surface area contributed by atoms with E-state index in [-0.39, 0.29) is 11.5 Å². The maximum atomic E-state index is 13.1. The van der Waals surface area contributed by atoms with Crippen LogP contribution in [0.5, 0.6) is 0 Å². The van der Waals surface area contributed by atoms with Crippen LogP contribution in [0.4, 0.5) is 18.9 Å². The molecule has 2 aliphatic carbocycles. The van der Waals surface area contributed by atoms with Crippen LogP contribution in [-0.2, 0) is 21.1 Å². The number of hydrogen-bond acceptors (Lipinski definition) is 4. The molecule has 1 amide bonds. The number of esters is 1. The van der Waals surface area contributed by atoms with Crippen molar-refractivity contribution in [1.82, 2.24) is 9.78 Å². The highest BCUT2D eigenvalue weighted by Crippen LogP contribution is 2.49. The summed E-state index contributed by atoms with van der Waals surface area (Å²) in [7, 11) is 1.29. The summed E-state index contributed by atoms with van der Waals surface area (Å²) in [6, 6.07) is 10.1. The van der Waals surface area contributed by atoms with Gasteiger partial charge in [0.2, 0.25) is 5.91 Å². The molecule has 2 aromatic carbocycles. The number of methoxy groups -OCH3 is 1. The van der Waals surface area contributed by atoms with Gasteiger partial charge in [-0.1, -0.05) is 18.2 Å². The Bertz CT molecular complexity index is 1270. The molecule has 0 saturated heterocycles. The van der Waals surface area contributed by atoms with Gasteiger partial charge in [-0.15, -0.1) is 0 Å². The van der Waals surface area contributed by atoms with Gasteiger partial charge >= 0.3 is 12.1 Å². The summed E-state index contributed by atoms with van der Waals surface area (Å²) in [5, 5.41) is 7.27. The van der Waals surface area contributed by atoms with Crippen molar-refractivity contribution in [2.75, 3.05) is 12.4 Å². The molecule has 1 heterocycles. The third-order valence-electron chi connectivity index (χ3n) is 6.99. The number of aromatic nitrogens is 2. The van der Waals surface area contributed by atoms with Gasteiger partial charge < -0.3 is 10.1 Å². The number of hydrogen-bond donors (Lipinski definition) is 1. The van der Waals surface area contributed by atoms with Gasteiger partial charge in [0.1, 0.15) is 0 Å². The van der Waals surface area contributed by atoms with Crippen LogP contribution in [0, 0.1) is 0 Å². The fourth-order valence-electron chi connectivity index (χ4n) is 4.48. The molecule has 0 atom stereocenters. The van der Waals surface area contributed by atoms with Crippen LogP contribution in [-0.4, -0.2) is 28.8 Å². The fourth-order valence-corrected chi connectivity index (χ4v) is 4.48. The minimum atomic E-state index is -4.43. The SMILES string of the molecule is COC(=O)c1cc(NC(=O)C2(c3ccc(C(F)(F)F)cc3)CC2)ccc1-c1cnn(C2CCC2)c1. The molecule has 0 radical (unpaired) electrons. The topological polar surface area (TPSA) is 73.2 Å². The van der Waals surface area contributed by atoms with Crippen molar-refractivity contribution in [2.24, 2.45) is 0 Å². The van der Waals surface area contributed by atoms with Crippen LogP contribution in [0.3, 0.4) is 0 Å². The maximum absolute atomic E-state index is 13.1. The molecule has 9 heteroatoms. The van der Waals surface area contributed by atoms with Crippen LogP contribution in [0.1, 0.15) is 59.6 Å². The van der Waals surface area contributed by atoms with Gasteiger partial charge in [-0.05, 0) is 67.5 Å². The van der Waals surface area contributed by atoms with Crippen LogP contribution in [0.25, 0.3) is 11.1 Å². The predicted molar refractivity (Wildman–Crippen MR) is 123 cm³/mol. The molecular weight excluding hydrogens is 459 g/mol. The first-order chi connectivity index (χ1) is 16.7. The molecule has 3 aromatic rings. The Hall–Kier alpha value is -3.62. The molecule has 182 valence electrons. The highest BCUT2D eigenvalue weighted by molar-refractivity contribution is 6.03. The Morgan fingerprint density at radius 3 is 2.40 bits per heavy atom. The molecule has 35 heavy (non-hydrogen) atoms. The average Bonchev–Trinajstić information content (AvgIpc) is 3.49. The van der Waals surface area contributed by atoms with E-state index in [1.807, 2.05) is 10.9 Å². The monoisotopic (exact) mass is 483 g/mol. The van der Waals surface area contributed by atoms with Crippen molar-refractivity contribution >= 4 is 17.6 Å². The third-order valence-corrected chi connectivity index (χ3v) is 6.99. The smallest absolute Gasteiger partial charge is 0.416 e. The molecular formula is C26H24F3N3O3. The van der Waals surface area contributed by atoms with Gasteiger partial charge in [-0.3, -0.25) is 9.48 Å². The van der Waals surface area contributed by atoms with Crippen LogP contribution >= 0.6 is 0 Å². The zero-order valence-corrected chi connectivity index (χ0v) is 19.1. The minimum Gasteiger partial charge on any atom is -0.465 e. The fraction of sp³-hybridized carbons (Fsp3) is 0.346. The van der Waals surface area contributed by atoms with Gasteiger partial charge in [-0.2, -0.15) is 18.3 Å². The van der Waals surface area contributed by atoms with Crippen LogP contribution in [0.2, 0.25) is 0 Å². The highest BCUT2D eigenvalue weighted by atomic mass is 19.4. The van der Waals surface area contributed by atoms with Gasteiger partial charge in [0.05, 0.1) is 35.9 Å². The molecule has 0 spiro atoms. The Morgan fingerprint density at radius 1 is 1.11 bits per heavy atom. The van der Waals surface area contributed by atoms with E-state index in [9.17, 15) is 22.8 Å². The maximum Gasteiger partial charge on any atom is 0.416 e. The zero-order valence-electron chi connectivity index (χ0n) is 19.1. The Morgan fingerprint density at radius 2 is 1.83 bits per heavy atom. The second-order valence-electron chi connectivity index (χ2n) is 9.16. The summed E-state index contributed by atoms with van der Waals surface area (Å²) in [5.74, 6) is -0.866. The third kappa shape index (κ3) is 4.31. The summed E-state index contributed by atoms with van der Waals surface area (Å²) < 4.78 is 45.6. The van der Waals surface area contributed by atoms with E-state index in [1.165, 1.54) is 25.7 Å². The van der Waals surface area contributed by atoms with Crippen molar-refractivity contribution in [1.29, 1.82) is 0 Å². The summed E-state index contributed by atoms with van der Waals surface area (Å²) in [4.78, 5) is 25.7. The van der Waals surface area contributed by atoms with Gasteiger partial charge in [0.25, 0.3) is 0 Å². The first-order valence-corrected chi connectivity index (χ1v) is 11.5. The average molecular weight is 483 g/mol. The van der Waals surface area contributed by atoms with E-state index in [2.05, 4.69) is 10.4 Å². The van der Waals surface area contributed by atoms with Crippen molar-refractivity contribution in [3.63, 3.8) is 0 Å². The number of nitrogens with zero attached hydrogens (tertiary/aromatic N) is 2. The second kappa shape index (κ2) is 8.55. The lowest BCUT2D eigenvalue weighted by Gasteiger charge is -2.25. The molecule has 0 bridgehead atoms. The molecule has 1 N–H and O–H groups in total. The van der Waals surface area contributed by atoms with Gasteiger partial charge in [-0.25, -0.2) is 4.79 Å². The number of halogens is 3. The lowest BCUT2D eigenvalue weighted by Crippen LogP contribution is -2.28. The molecule has 2 saturated carbocycles. The number of anilines is 1. The number of rotatable bonds is 6. The Kier molecular flexibility index (Phi) is 5.65. The largest absolute Gasteiger partial charge is 0.465 e. The number of benzene rings is 2. The highest BCUT2D eigenvalue weighted by Gasteiger charge is 2.51. The van der Waals surface area contributed by atoms with E-state index in [0.717, 1.165) is 30.5 Å². The normalized spacial score (nSPS) is 16.9. The van der Waals surface area contributed by atoms with Gasteiger partial charge in [0, 0.05) is 17.4 Å². The lowest BCUT2D eigenvalue weighted by atomic mass is 9.93. The number of nitrogens with one attached hydrogen (secondary N) is 1. The molecule has 2 fully saturated rings. The lowest BCUT2D eigenvalue weighted by molar-refractivity contribution is -0.137. The van der Waals surface area contributed by atoms with E-state index < -0.39 is 23.1 Å². The van der Waals surface area contributed by atoms with E-state index in [1.54, 1.807) is 24.4 Å². The Labute approximate surface area is 200 Å². The predicted octanol–water partition coefficient (Wildman–Crippen LogP) is 5.75. The quantitative estimate of drug-likeness (QED) is 0.453. The summed E-state index contributed by atoms with van der Waals surface area (Å²) in [6.45, 7) is 0. The van der Waals surface area contributed by atoms with E-state index >= 15 is 0 Å². The van der Waals surface area contributed by atoms with E-state index in [0.29, 0.717) is 35.7 Å². The summed E-state index contributed by atoms with van der Waals surface area (Å²) in [5.41, 5.74) is 1.02. The van der Waals surface area contributed by atoms with Crippen LogP contribution < -0.4 is 5.32 Å². The van der Waals surface area contributed by atoms with E-state index in [4.69, 9.17) is 4.74 Å². The first-order valence-electron chi connectivity index (χ1n) is 11.5. The molecule has 0 unspecified atom stereocenters. The zero-order chi connectivity index (χ0) is 24.8. The molecule has 5 rings (SSSR count). The summed E-state index contributed by atoms with van der Waals surface area (Å²) in [6.07, 6.45) is 3.59. The molecule has 2 aliphatic rings. The number of alkyl halides is 3. The molecule has 6 nitrogen and oxygen atoms in total. The Balaban J connectivity index is 1.39. The van der Waals surface area contributed by atoms with Crippen molar-refractivity contribution in [2.45, 2.75) is 49.7 Å². The summed E-state index contributed by atoms with van der Waals surface area (Å²) >= 11 is 0. The van der Waals surface area contributed by atoms with Crippen molar-refractivity contribution < 1.29 is 27.5 Å². The minimum absolute atomic E-state index is 0.290. The molecule has 1 aromatic heterocycles. The number of carbonyl (C=O) groups is 2. The molecule has 0 aliphatic heterocycles. The number of amides is 1. The van der Waals surface area contributed by atoms with Crippen molar-refractivity contribution in [3.05, 3.63) is 71.5 Å². The van der Waals surface area contributed by atoms with Crippen LogP contribution in [0.15, 0.2) is 54.9 Å². The first kappa shape index (κ1) is 23.1. The van der Waals surface area contributed by atoms with Gasteiger partial charge in [0.15, 0.2) is 0 Å². The standard InChI is InChI=1S/C26H24F3N3O3/c1-35-23(33)22-13-19(9-10-21(22)16-14-30-32(15-16)20-3-2-4-20)31-24(34)25(11-12-25)17-5-7-18(8-6-17)26(27,28)29/h5-10,13-15,20H,2-4,11-12H2,1H3,(H,31,34). The number of carbonyl (C=O) groups excluding carboxylic acids is 2. The van der Waals surface area contributed by atoms with Crippen molar-refractivity contribution in [3.8, 4) is 11.1 Å². The second-order valence-corrected chi connectivity index (χ2v) is 9.16. The number of ether oxygens (including phenoxy) is 1.